The maximum absolute atomic E-state index is 8.54. The van der Waals surface area contributed by atoms with E-state index < -0.39 is 0 Å². The molecule has 0 aliphatic heterocycles. The fourth-order valence-corrected chi connectivity index (χ4v) is 2.09. The van der Waals surface area contributed by atoms with Crippen LogP contribution in [-0.4, -0.2) is 16.0 Å². The van der Waals surface area contributed by atoms with Crippen molar-refractivity contribution in [1.29, 1.82) is 5.26 Å². The van der Waals surface area contributed by atoms with Crippen LogP contribution in [0.2, 0.25) is 0 Å². The van der Waals surface area contributed by atoms with Crippen molar-refractivity contribution in [2.24, 2.45) is 0 Å². The molecule has 2 aromatic rings. The molecule has 0 aliphatic rings. The molecule has 0 amide bonds. The van der Waals surface area contributed by atoms with Crippen LogP contribution in [0, 0.1) is 10.7 Å². The van der Waals surface area contributed by atoms with Crippen molar-refractivity contribution in [1.82, 2.24) is 10.2 Å². The standard InChI is InChI=1S/C11H9N3OS2/c1-2-16-11-14-13-10(15-11)8-3-5-9(6-4-8)17-7-12/h3-6H,2H2,1H3. The summed E-state index contributed by atoms with van der Waals surface area (Å²) in [5.41, 5.74) is 0.864. The van der Waals surface area contributed by atoms with E-state index >= 15 is 0 Å². The van der Waals surface area contributed by atoms with Gasteiger partial charge >= 0.3 is 0 Å². The fourth-order valence-electron chi connectivity index (χ4n) is 1.23. The minimum Gasteiger partial charge on any atom is -0.411 e. The summed E-state index contributed by atoms with van der Waals surface area (Å²) < 4.78 is 5.48. The van der Waals surface area contributed by atoms with Crippen LogP contribution in [0.5, 0.6) is 0 Å². The highest BCUT2D eigenvalue weighted by molar-refractivity contribution is 8.03. The Morgan fingerprint density at radius 3 is 2.71 bits per heavy atom. The second kappa shape index (κ2) is 5.75. The van der Waals surface area contributed by atoms with Crippen LogP contribution in [0.3, 0.4) is 0 Å². The van der Waals surface area contributed by atoms with Crippen molar-refractivity contribution in [3.63, 3.8) is 0 Å². The Bertz CT molecular complexity index is 530. The SMILES string of the molecule is CCSc1nnc(-c2ccc(SC#N)cc2)o1. The van der Waals surface area contributed by atoms with Crippen molar-refractivity contribution in [2.45, 2.75) is 17.0 Å². The molecule has 0 atom stereocenters. The quantitative estimate of drug-likeness (QED) is 0.622. The highest BCUT2D eigenvalue weighted by Crippen LogP contribution is 2.25. The molecule has 0 saturated carbocycles. The minimum atomic E-state index is 0.509. The molecular formula is C11H9N3OS2. The van der Waals surface area contributed by atoms with Crippen molar-refractivity contribution in [3.8, 4) is 16.9 Å². The molecule has 0 spiro atoms. The molecule has 2 rings (SSSR count). The largest absolute Gasteiger partial charge is 0.411 e. The third-order valence-corrected chi connectivity index (χ3v) is 3.24. The van der Waals surface area contributed by atoms with Gasteiger partial charge in [0, 0.05) is 10.5 Å². The van der Waals surface area contributed by atoms with Crippen LogP contribution in [0.15, 0.2) is 38.8 Å². The number of hydrogen-bond acceptors (Lipinski definition) is 6. The molecule has 86 valence electrons. The normalized spacial score (nSPS) is 10.1. The number of benzene rings is 1. The predicted molar refractivity (Wildman–Crippen MR) is 67.6 cm³/mol. The third kappa shape index (κ3) is 3.02. The lowest BCUT2D eigenvalue weighted by molar-refractivity contribution is 0.466. The zero-order chi connectivity index (χ0) is 12.1. The second-order valence-corrected chi connectivity index (χ2v) is 5.10. The molecule has 0 aliphatic carbocycles. The number of thiocyanates is 1. The van der Waals surface area contributed by atoms with Crippen molar-refractivity contribution in [3.05, 3.63) is 24.3 Å². The summed E-state index contributed by atoms with van der Waals surface area (Å²) in [4.78, 5) is 0.902. The van der Waals surface area contributed by atoms with Gasteiger partial charge in [0.25, 0.3) is 5.22 Å². The average molecular weight is 263 g/mol. The Morgan fingerprint density at radius 2 is 2.06 bits per heavy atom. The van der Waals surface area contributed by atoms with Gasteiger partial charge in [0.15, 0.2) is 0 Å². The fraction of sp³-hybridized carbons (Fsp3) is 0.182. The van der Waals surface area contributed by atoms with Crippen LogP contribution < -0.4 is 0 Å². The first-order valence-corrected chi connectivity index (χ1v) is 6.76. The summed E-state index contributed by atoms with van der Waals surface area (Å²) >= 11 is 2.64. The summed E-state index contributed by atoms with van der Waals surface area (Å²) in [6.07, 6.45) is 0. The molecule has 0 saturated heterocycles. The van der Waals surface area contributed by atoms with Gasteiger partial charge in [-0.05, 0) is 41.8 Å². The molecule has 0 fully saturated rings. The summed E-state index contributed by atoms with van der Waals surface area (Å²) in [6, 6.07) is 7.46. The molecular weight excluding hydrogens is 254 g/mol. The van der Waals surface area contributed by atoms with Gasteiger partial charge < -0.3 is 4.42 Å². The Hall–Kier alpha value is -1.45. The monoisotopic (exact) mass is 263 g/mol. The van der Waals surface area contributed by atoms with E-state index in [0.29, 0.717) is 11.1 Å². The van der Waals surface area contributed by atoms with Gasteiger partial charge in [0.1, 0.15) is 5.40 Å². The van der Waals surface area contributed by atoms with E-state index in [9.17, 15) is 0 Å². The van der Waals surface area contributed by atoms with E-state index in [1.807, 2.05) is 36.6 Å². The second-order valence-electron chi connectivity index (χ2n) is 3.02. The van der Waals surface area contributed by atoms with Crippen molar-refractivity contribution >= 4 is 23.5 Å². The van der Waals surface area contributed by atoms with E-state index in [0.717, 1.165) is 28.0 Å². The summed E-state index contributed by atoms with van der Waals surface area (Å²) in [7, 11) is 0. The van der Waals surface area contributed by atoms with E-state index in [4.69, 9.17) is 9.68 Å². The van der Waals surface area contributed by atoms with Crippen LogP contribution in [-0.2, 0) is 0 Å². The Balaban J connectivity index is 2.18. The molecule has 1 aromatic carbocycles. The molecule has 1 heterocycles. The lowest BCUT2D eigenvalue weighted by Crippen LogP contribution is -1.77. The summed E-state index contributed by atoms with van der Waals surface area (Å²) in [6.45, 7) is 2.03. The van der Waals surface area contributed by atoms with Crippen LogP contribution >= 0.6 is 23.5 Å². The third-order valence-electron chi connectivity index (χ3n) is 1.94. The molecule has 4 nitrogen and oxygen atoms in total. The molecule has 6 heteroatoms. The zero-order valence-electron chi connectivity index (χ0n) is 9.08. The molecule has 0 unspecified atom stereocenters. The van der Waals surface area contributed by atoms with Gasteiger partial charge in [-0.1, -0.05) is 18.7 Å². The first-order chi connectivity index (χ1) is 8.33. The van der Waals surface area contributed by atoms with Gasteiger partial charge in [-0.15, -0.1) is 10.2 Å². The van der Waals surface area contributed by atoms with Crippen LogP contribution in [0.1, 0.15) is 6.92 Å². The van der Waals surface area contributed by atoms with E-state index in [2.05, 4.69) is 10.2 Å². The molecule has 17 heavy (non-hydrogen) atoms. The number of nitrogens with zero attached hydrogens (tertiary/aromatic N) is 3. The van der Waals surface area contributed by atoms with Gasteiger partial charge in [-0.2, -0.15) is 5.26 Å². The number of rotatable bonds is 4. The highest BCUT2D eigenvalue weighted by atomic mass is 32.2. The summed E-state index contributed by atoms with van der Waals surface area (Å²) in [5, 5.41) is 19.0. The Labute approximate surface area is 107 Å². The lowest BCUT2D eigenvalue weighted by atomic mass is 10.2. The Morgan fingerprint density at radius 1 is 1.29 bits per heavy atom. The first-order valence-electron chi connectivity index (χ1n) is 4.96. The molecule has 0 radical (unpaired) electrons. The van der Waals surface area contributed by atoms with Crippen LogP contribution in [0.25, 0.3) is 11.5 Å². The predicted octanol–water partition coefficient (Wildman–Crippen LogP) is 3.42. The lowest BCUT2D eigenvalue weighted by Gasteiger charge is -1.95. The topological polar surface area (TPSA) is 62.7 Å². The average Bonchev–Trinajstić information content (AvgIpc) is 2.80. The van der Waals surface area contributed by atoms with Gasteiger partial charge in [0.2, 0.25) is 5.89 Å². The number of nitriles is 1. The minimum absolute atomic E-state index is 0.509. The van der Waals surface area contributed by atoms with Gasteiger partial charge in [-0.3, -0.25) is 0 Å². The van der Waals surface area contributed by atoms with Gasteiger partial charge in [-0.25, -0.2) is 0 Å². The van der Waals surface area contributed by atoms with E-state index in [-0.39, 0.29) is 0 Å². The Kier molecular flexibility index (Phi) is 4.07. The van der Waals surface area contributed by atoms with Crippen molar-refractivity contribution in [2.75, 3.05) is 5.75 Å². The maximum Gasteiger partial charge on any atom is 0.276 e. The molecule has 0 N–H and O–H groups in total. The smallest absolute Gasteiger partial charge is 0.276 e. The summed E-state index contributed by atoms with van der Waals surface area (Å²) in [5.74, 6) is 1.41. The van der Waals surface area contributed by atoms with E-state index in [1.54, 1.807) is 0 Å². The van der Waals surface area contributed by atoms with Crippen LogP contribution in [0.4, 0.5) is 0 Å². The zero-order valence-corrected chi connectivity index (χ0v) is 10.7. The van der Waals surface area contributed by atoms with E-state index in [1.165, 1.54) is 11.8 Å². The first kappa shape index (κ1) is 12.0. The van der Waals surface area contributed by atoms with Crippen molar-refractivity contribution < 1.29 is 4.42 Å². The van der Waals surface area contributed by atoms with Gasteiger partial charge in [0.05, 0.1) is 0 Å². The molecule has 0 bridgehead atoms. The maximum atomic E-state index is 8.54. The number of hydrogen-bond donors (Lipinski definition) is 0. The highest BCUT2D eigenvalue weighted by Gasteiger charge is 2.08. The number of aromatic nitrogens is 2. The molecule has 1 aromatic heterocycles. The number of thioether (sulfide) groups is 2.